The zero-order chi connectivity index (χ0) is 32.5. The summed E-state index contributed by atoms with van der Waals surface area (Å²) in [6.45, 7) is 2.92. The van der Waals surface area contributed by atoms with Gasteiger partial charge in [-0.25, -0.2) is 19.4 Å². The number of methoxy groups -OCH3 is 1. The summed E-state index contributed by atoms with van der Waals surface area (Å²) in [6.07, 6.45) is 1.28. The largest absolute Gasteiger partial charge is 0.493 e. The topological polar surface area (TPSA) is 137 Å². The number of ether oxygens (including phenoxy) is 4. The van der Waals surface area contributed by atoms with Crippen molar-refractivity contribution >= 4 is 47.3 Å². The molecule has 0 saturated carbocycles. The first-order chi connectivity index (χ1) is 21.6. The summed E-state index contributed by atoms with van der Waals surface area (Å²) in [7, 11) is 1.41. The minimum Gasteiger partial charge on any atom is -0.493 e. The van der Waals surface area contributed by atoms with Crippen molar-refractivity contribution in [2.75, 3.05) is 20.3 Å². The lowest BCUT2D eigenvalue weighted by Crippen LogP contribution is -2.45. The average Bonchev–Trinajstić information content (AvgIpc) is 3.00. The number of allylic oxidation sites excluding steroid dienone is 1. The maximum atomic E-state index is 14.0. The number of urea groups is 1. The van der Waals surface area contributed by atoms with Crippen LogP contribution in [0.25, 0.3) is 0 Å². The predicted octanol–water partition coefficient (Wildman–Crippen LogP) is 5.44. The molecule has 236 valence electrons. The van der Waals surface area contributed by atoms with Crippen LogP contribution in [0.15, 0.2) is 71.0 Å². The molecule has 0 spiro atoms. The number of carbonyl (C=O) groups excluding carboxylic acids is 3. The molecule has 3 amide bonds. The van der Waals surface area contributed by atoms with Gasteiger partial charge < -0.3 is 29.6 Å². The lowest BCUT2D eigenvalue weighted by Gasteiger charge is -2.28. The van der Waals surface area contributed by atoms with Gasteiger partial charge in [0.1, 0.15) is 18.2 Å². The van der Waals surface area contributed by atoms with Crippen molar-refractivity contribution in [3.63, 3.8) is 0 Å². The molecule has 1 atom stereocenters. The summed E-state index contributed by atoms with van der Waals surface area (Å²) in [5.41, 5.74) is 4.15. The Bertz CT molecular complexity index is 1660. The van der Waals surface area contributed by atoms with E-state index in [1.807, 2.05) is 0 Å². The molecule has 0 radical (unpaired) electrons. The molecule has 14 heteroatoms. The van der Waals surface area contributed by atoms with Crippen molar-refractivity contribution in [1.82, 2.24) is 16.1 Å². The lowest BCUT2D eigenvalue weighted by molar-refractivity contribution is -0.139. The van der Waals surface area contributed by atoms with Crippen LogP contribution in [0.5, 0.6) is 17.2 Å². The standard InChI is InChI=1S/C31H29Cl2FN4O7/c1-4-43-30(40)27-17(2)36-31(41)37-28(27)18-9-10-24(25(12-18)42-3)44-16-26(39)38-35-14-20-11-21(32)13-22(33)29(20)45-15-19-7-5-6-8-23(19)34/h5-14,28H,4,15-16H2,1-3H3,(H,38,39)(H2,36,37,41)/b35-14+/t28-/m1/s1. The van der Waals surface area contributed by atoms with Crippen molar-refractivity contribution in [2.45, 2.75) is 26.5 Å². The Morgan fingerprint density at radius 3 is 2.60 bits per heavy atom. The van der Waals surface area contributed by atoms with Crippen LogP contribution >= 0.6 is 23.2 Å². The molecular weight excluding hydrogens is 630 g/mol. The van der Waals surface area contributed by atoms with E-state index in [1.165, 1.54) is 31.5 Å². The van der Waals surface area contributed by atoms with E-state index < -0.39 is 36.4 Å². The smallest absolute Gasteiger partial charge is 0.338 e. The van der Waals surface area contributed by atoms with Gasteiger partial charge in [-0.2, -0.15) is 5.10 Å². The second-order valence-electron chi connectivity index (χ2n) is 9.47. The number of carbonyl (C=O) groups is 3. The van der Waals surface area contributed by atoms with E-state index >= 15 is 0 Å². The van der Waals surface area contributed by atoms with E-state index in [0.29, 0.717) is 27.4 Å². The molecule has 0 unspecified atom stereocenters. The summed E-state index contributed by atoms with van der Waals surface area (Å²) < 4.78 is 36.0. The van der Waals surface area contributed by atoms with Crippen LogP contribution in [-0.4, -0.2) is 44.4 Å². The number of amides is 3. The van der Waals surface area contributed by atoms with E-state index in [-0.39, 0.29) is 41.1 Å². The van der Waals surface area contributed by atoms with Gasteiger partial charge in [-0.05, 0) is 49.7 Å². The van der Waals surface area contributed by atoms with Gasteiger partial charge in [-0.15, -0.1) is 0 Å². The van der Waals surface area contributed by atoms with E-state index in [9.17, 15) is 18.8 Å². The third kappa shape index (κ3) is 8.43. The Morgan fingerprint density at radius 2 is 1.87 bits per heavy atom. The lowest BCUT2D eigenvalue weighted by atomic mass is 9.95. The fraction of sp³-hybridized carbons (Fsp3) is 0.226. The van der Waals surface area contributed by atoms with Crippen LogP contribution in [0, 0.1) is 5.82 Å². The molecule has 3 aromatic rings. The summed E-state index contributed by atoms with van der Waals surface area (Å²) in [5, 5.41) is 9.70. The number of hydrogen-bond donors (Lipinski definition) is 3. The molecular formula is C31H29Cl2FN4O7. The first-order valence-electron chi connectivity index (χ1n) is 13.5. The molecule has 1 aliphatic heterocycles. The number of hydrazone groups is 1. The highest BCUT2D eigenvalue weighted by atomic mass is 35.5. The molecule has 0 fully saturated rings. The first-order valence-corrected chi connectivity index (χ1v) is 14.3. The number of halogens is 3. The highest BCUT2D eigenvalue weighted by Crippen LogP contribution is 2.35. The van der Waals surface area contributed by atoms with Crippen LogP contribution in [0.4, 0.5) is 9.18 Å². The molecule has 3 aromatic carbocycles. The average molecular weight is 659 g/mol. The molecule has 0 aliphatic carbocycles. The third-order valence-corrected chi connectivity index (χ3v) is 6.90. The summed E-state index contributed by atoms with van der Waals surface area (Å²) >= 11 is 12.4. The van der Waals surface area contributed by atoms with E-state index in [0.717, 1.165) is 0 Å². The zero-order valence-electron chi connectivity index (χ0n) is 24.4. The molecule has 4 rings (SSSR count). The second-order valence-corrected chi connectivity index (χ2v) is 10.3. The predicted molar refractivity (Wildman–Crippen MR) is 165 cm³/mol. The van der Waals surface area contributed by atoms with Crippen molar-refractivity contribution < 1.29 is 37.7 Å². The minimum atomic E-state index is -0.807. The van der Waals surface area contributed by atoms with Crippen LogP contribution in [0.3, 0.4) is 0 Å². The molecule has 0 aromatic heterocycles. The number of nitrogens with one attached hydrogen (secondary N) is 3. The van der Waals surface area contributed by atoms with Gasteiger partial charge in [0.2, 0.25) is 0 Å². The maximum absolute atomic E-state index is 14.0. The quantitative estimate of drug-likeness (QED) is 0.134. The van der Waals surface area contributed by atoms with E-state index in [1.54, 1.807) is 50.2 Å². The van der Waals surface area contributed by atoms with Gasteiger partial charge in [-0.3, -0.25) is 4.79 Å². The van der Waals surface area contributed by atoms with Crippen LogP contribution < -0.4 is 30.3 Å². The Kier molecular flexibility index (Phi) is 11.2. The van der Waals surface area contributed by atoms with Gasteiger partial charge in [0, 0.05) is 21.8 Å². The van der Waals surface area contributed by atoms with Crippen molar-refractivity contribution in [3.05, 3.63) is 98.4 Å². The SMILES string of the molecule is CCOC(=O)C1=C(C)NC(=O)N[C@@H]1c1ccc(OCC(=O)N/N=C/c2cc(Cl)cc(Cl)c2OCc2ccccc2F)c(OC)c1. The maximum Gasteiger partial charge on any atom is 0.338 e. The summed E-state index contributed by atoms with van der Waals surface area (Å²) in [4.78, 5) is 37.3. The minimum absolute atomic E-state index is 0.0975. The Morgan fingerprint density at radius 1 is 1.09 bits per heavy atom. The van der Waals surface area contributed by atoms with Gasteiger partial charge >= 0.3 is 12.0 Å². The third-order valence-electron chi connectivity index (χ3n) is 6.40. The van der Waals surface area contributed by atoms with E-state index in [4.69, 9.17) is 42.1 Å². The molecule has 1 heterocycles. The van der Waals surface area contributed by atoms with Gasteiger partial charge in [0.15, 0.2) is 18.1 Å². The highest BCUT2D eigenvalue weighted by Gasteiger charge is 2.32. The molecule has 45 heavy (non-hydrogen) atoms. The molecule has 3 N–H and O–H groups in total. The van der Waals surface area contributed by atoms with E-state index in [2.05, 4.69) is 21.2 Å². The fourth-order valence-electron chi connectivity index (χ4n) is 4.35. The number of hydrogen-bond acceptors (Lipinski definition) is 8. The van der Waals surface area contributed by atoms with Crippen molar-refractivity contribution in [3.8, 4) is 17.2 Å². The highest BCUT2D eigenvalue weighted by molar-refractivity contribution is 6.36. The van der Waals surface area contributed by atoms with Crippen LogP contribution in [0.1, 0.15) is 36.6 Å². The number of benzene rings is 3. The first kappa shape index (κ1) is 33.1. The summed E-state index contributed by atoms with van der Waals surface area (Å²) in [6, 6.07) is 12.6. The number of nitrogens with zero attached hydrogens (tertiary/aromatic N) is 1. The number of esters is 1. The molecule has 1 aliphatic rings. The summed E-state index contributed by atoms with van der Waals surface area (Å²) in [5.74, 6) is -0.930. The van der Waals surface area contributed by atoms with Gasteiger partial charge in [-0.1, -0.05) is 47.5 Å². The Hall–Kier alpha value is -4.81. The van der Waals surface area contributed by atoms with Crippen LogP contribution in [0.2, 0.25) is 10.0 Å². The van der Waals surface area contributed by atoms with Crippen LogP contribution in [-0.2, 0) is 20.9 Å². The second kappa shape index (κ2) is 15.3. The van der Waals surface area contributed by atoms with Gasteiger partial charge in [0.05, 0.1) is 36.6 Å². The monoisotopic (exact) mass is 658 g/mol. The van der Waals surface area contributed by atoms with Crippen molar-refractivity contribution in [1.29, 1.82) is 0 Å². The zero-order valence-corrected chi connectivity index (χ0v) is 25.9. The van der Waals surface area contributed by atoms with Gasteiger partial charge in [0.25, 0.3) is 5.91 Å². The Labute approximate surface area is 268 Å². The number of rotatable bonds is 12. The fourth-order valence-corrected chi connectivity index (χ4v) is 4.91. The Balaban J connectivity index is 1.42. The van der Waals surface area contributed by atoms with Crippen molar-refractivity contribution in [2.24, 2.45) is 5.10 Å². The molecule has 0 saturated heterocycles. The molecule has 11 nitrogen and oxygen atoms in total. The normalized spacial score (nSPS) is 14.4. The molecule has 0 bridgehead atoms.